The highest BCUT2D eigenvalue weighted by Gasteiger charge is 2.25. The molecule has 154 valence electrons. The molecule has 2 N–H and O–H groups in total. The summed E-state index contributed by atoms with van der Waals surface area (Å²) in [5, 5.41) is 11.1. The zero-order chi connectivity index (χ0) is 21.0. The third-order valence-electron chi connectivity index (χ3n) is 5.38. The van der Waals surface area contributed by atoms with Gasteiger partial charge in [-0.05, 0) is 49.9 Å². The van der Waals surface area contributed by atoms with Gasteiger partial charge in [0.25, 0.3) is 11.6 Å². The molecule has 1 saturated heterocycles. The Kier molecular flexibility index (Phi) is 6.56. The molecule has 7 nitrogen and oxygen atoms in total. The molecule has 3 rings (SSSR count). The van der Waals surface area contributed by atoms with Crippen molar-refractivity contribution in [2.45, 2.75) is 38.3 Å². The second-order valence-electron chi connectivity index (χ2n) is 7.40. The highest BCUT2D eigenvalue weighted by molar-refractivity contribution is 5.96. The first-order valence-corrected chi connectivity index (χ1v) is 9.63. The van der Waals surface area contributed by atoms with E-state index in [2.05, 4.69) is 10.9 Å². The van der Waals surface area contributed by atoms with Gasteiger partial charge in [-0.25, -0.2) is 4.39 Å². The van der Waals surface area contributed by atoms with Gasteiger partial charge in [0.1, 0.15) is 5.82 Å². The lowest BCUT2D eigenvalue weighted by molar-refractivity contribution is -0.385. The summed E-state index contributed by atoms with van der Waals surface area (Å²) in [6.07, 6.45) is 2.55. The number of carbonyl (C=O) groups excluding carboxylic acids is 1. The largest absolute Gasteiger partial charge is 0.342 e. The monoisotopic (exact) mass is 400 g/mol. The number of hydrazine groups is 1. The first-order valence-electron chi connectivity index (χ1n) is 9.63. The van der Waals surface area contributed by atoms with Crippen LogP contribution >= 0.6 is 0 Å². The summed E-state index contributed by atoms with van der Waals surface area (Å²) >= 11 is 0. The topological polar surface area (TPSA) is 87.5 Å². The van der Waals surface area contributed by atoms with Gasteiger partial charge in [-0.1, -0.05) is 18.2 Å². The number of benzene rings is 2. The van der Waals surface area contributed by atoms with Crippen molar-refractivity contribution < 1.29 is 14.1 Å². The van der Waals surface area contributed by atoms with E-state index in [9.17, 15) is 19.3 Å². The van der Waals surface area contributed by atoms with Gasteiger partial charge >= 0.3 is 0 Å². The van der Waals surface area contributed by atoms with Gasteiger partial charge in [-0.3, -0.25) is 25.8 Å². The standard InChI is InChI=1S/C21H25FN4O3/c1-14-18(6-3-7-20(14)26(28)29)21(27)25(2)12-4-5-17-13-19(24-23-17)15-8-10-16(22)11-9-15/h3,6-11,17,19,23-24H,4-5,12-13H2,1-2H3. The molecule has 29 heavy (non-hydrogen) atoms. The molecule has 1 aliphatic heterocycles. The molecule has 2 atom stereocenters. The highest BCUT2D eigenvalue weighted by Crippen LogP contribution is 2.25. The van der Waals surface area contributed by atoms with Gasteiger partial charge < -0.3 is 4.90 Å². The zero-order valence-corrected chi connectivity index (χ0v) is 16.5. The average molecular weight is 400 g/mol. The van der Waals surface area contributed by atoms with Crippen molar-refractivity contribution in [2.75, 3.05) is 13.6 Å². The van der Waals surface area contributed by atoms with E-state index in [1.165, 1.54) is 24.3 Å². The minimum Gasteiger partial charge on any atom is -0.342 e. The van der Waals surface area contributed by atoms with Gasteiger partial charge in [-0.2, -0.15) is 0 Å². The number of nitrogens with zero attached hydrogens (tertiary/aromatic N) is 2. The normalized spacial score (nSPS) is 18.6. The Labute approximate surface area is 169 Å². The number of nitro benzene ring substituents is 1. The fraction of sp³-hybridized carbons (Fsp3) is 0.381. The summed E-state index contributed by atoms with van der Waals surface area (Å²) in [4.78, 5) is 24.9. The Morgan fingerprint density at radius 1 is 1.24 bits per heavy atom. The number of nitro groups is 1. The third-order valence-corrected chi connectivity index (χ3v) is 5.38. The van der Waals surface area contributed by atoms with Crippen LogP contribution in [0.5, 0.6) is 0 Å². The minimum atomic E-state index is -0.470. The highest BCUT2D eigenvalue weighted by atomic mass is 19.1. The van der Waals surface area contributed by atoms with Gasteiger partial charge in [-0.15, -0.1) is 0 Å². The molecule has 1 amide bonds. The Hall–Kier alpha value is -2.84. The number of carbonyl (C=O) groups is 1. The average Bonchev–Trinajstić information content (AvgIpc) is 3.16. The number of hydrogen-bond acceptors (Lipinski definition) is 5. The molecule has 0 aromatic heterocycles. The van der Waals surface area contributed by atoms with Gasteiger partial charge in [0.05, 0.1) is 4.92 Å². The first kappa shape index (κ1) is 20.9. The second kappa shape index (κ2) is 9.11. The minimum absolute atomic E-state index is 0.0442. The molecule has 2 aromatic carbocycles. The van der Waals surface area contributed by atoms with E-state index in [0.717, 1.165) is 24.8 Å². The summed E-state index contributed by atoms with van der Waals surface area (Å²) < 4.78 is 13.1. The number of halogens is 1. The predicted molar refractivity (Wildman–Crippen MR) is 108 cm³/mol. The van der Waals surface area contributed by atoms with Crippen LogP contribution < -0.4 is 10.9 Å². The lowest BCUT2D eigenvalue weighted by Crippen LogP contribution is -2.32. The van der Waals surface area contributed by atoms with Crippen LogP contribution in [0.15, 0.2) is 42.5 Å². The molecule has 2 aromatic rings. The molecule has 0 saturated carbocycles. The van der Waals surface area contributed by atoms with Gasteiger partial charge in [0, 0.05) is 42.9 Å². The molecule has 8 heteroatoms. The second-order valence-corrected chi connectivity index (χ2v) is 7.40. The van der Waals surface area contributed by atoms with Crippen molar-refractivity contribution in [3.63, 3.8) is 0 Å². The molecule has 1 heterocycles. The van der Waals surface area contributed by atoms with Gasteiger partial charge in [0.15, 0.2) is 0 Å². The Balaban J connectivity index is 1.49. The van der Waals surface area contributed by atoms with E-state index in [-0.39, 0.29) is 29.5 Å². The molecule has 2 unspecified atom stereocenters. The fourth-order valence-electron chi connectivity index (χ4n) is 3.66. The smallest absolute Gasteiger partial charge is 0.273 e. The molecule has 0 bridgehead atoms. The first-order chi connectivity index (χ1) is 13.9. The molecular weight excluding hydrogens is 375 g/mol. The third kappa shape index (κ3) is 4.96. The van der Waals surface area contributed by atoms with E-state index in [1.54, 1.807) is 37.1 Å². The van der Waals surface area contributed by atoms with Crippen LogP contribution in [0.1, 0.15) is 46.8 Å². The molecule has 1 aliphatic rings. The summed E-state index contributed by atoms with van der Waals surface area (Å²) in [7, 11) is 1.71. The number of hydrogen-bond donors (Lipinski definition) is 2. The van der Waals surface area contributed by atoms with Crippen LogP contribution in [-0.4, -0.2) is 35.4 Å². The van der Waals surface area contributed by atoms with Gasteiger partial charge in [0.2, 0.25) is 0 Å². The molecule has 0 spiro atoms. The molecular formula is C21H25FN4O3. The van der Waals surface area contributed by atoms with E-state index in [4.69, 9.17) is 0 Å². The molecule has 0 aliphatic carbocycles. The Bertz CT molecular complexity index is 888. The fourth-order valence-corrected chi connectivity index (χ4v) is 3.66. The van der Waals surface area contributed by atoms with Crippen LogP contribution in [0.25, 0.3) is 0 Å². The van der Waals surface area contributed by atoms with Crippen LogP contribution in [0, 0.1) is 22.9 Å². The van der Waals surface area contributed by atoms with Crippen molar-refractivity contribution in [3.8, 4) is 0 Å². The predicted octanol–water partition coefficient (Wildman–Crippen LogP) is 3.50. The maximum absolute atomic E-state index is 13.1. The number of rotatable bonds is 7. The maximum atomic E-state index is 13.1. The van der Waals surface area contributed by atoms with Crippen molar-refractivity contribution in [2.24, 2.45) is 0 Å². The van der Waals surface area contributed by atoms with Crippen LogP contribution in [-0.2, 0) is 0 Å². The summed E-state index contributed by atoms with van der Waals surface area (Å²) in [5.41, 5.74) is 8.24. The van der Waals surface area contributed by atoms with E-state index >= 15 is 0 Å². The van der Waals surface area contributed by atoms with Crippen LogP contribution in [0.4, 0.5) is 10.1 Å². The summed E-state index contributed by atoms with van der Waals surface area (Å²) in [6.45, 7) is 2.16. The molecule has 0 radical (unpaired) electrons. The van der Waals surface area contributed by atoms with E-state index in [1.807, 2.05) is 0 Å². The van der Waals surface area contributed by atoms with Crippen molar-refractivity contribution in [3.05, 3.63) is 75.1 Å². The lowest BCUT2D eigenvalue weighted by Gasteiger charge is -2.19. The Morgan fingerprint density at radius 2 is 1.97 bits per heavy atom. The van der Waals surface area contributed by atoms with E-state index in [0.29, 0.717) is 17.7 Å². The zero-order valence-electron chi connectivity index (χ0n) is 16.5. The summed E-state index contributed by atoms with van der Waals surface area (Å²) in [5.74, 6) is -0.462. The van der Waals surface area contributed by atoms with Crippen LogP contribution in [0.2, 0.25) is 0 Å². The number of amides is 1. The van der Waals surface area contributed by atoms with Crippen LogP contribution in [0.3, 0.4) is 0 Å². The van der Waals surface area contributed by atoms with E-state index < -0.39 is 4.92 Å². The maximum Gasteiger partial charge on any atom is 0.273 e. The lowest BCUT2D eigenvalue weighted by atomic mass is 9.99. The van der Waals surface area contributed by atoms with Crippen molar-refractivity contribution in [1.29, 1.82) is 0 Å². The quantitative estimate of drug-likeness (QED) is 0.549. The Morgan fingerprint density at radius 3 is 2.66 bits per heavy atom. The SMILES string of the molecule is Cc1c(C(=O)N(C)CCCC2CC(c3ccc(F)cc3)NN2)cccc1[N+](=O)[O-]. The van der Waals surface area contributed by atoms with Crippen molar-refractivity contribution in [1.82, 2.24) is 15.8 Å². The number of nitrogens with one attached hydrogen (secondary N) is 2. The van der Waals surface area contributed by atoms with Crippen molar-refractivity contribution >= 4 is 11.6 Å². The molecule has 1 fully saturated rings. The summed E-state index contributed by atoms with van der Waals surface area (Å²) in [6, 6.07) is 11.4.